The van der Waals surface area contributed by atoms with Gasteiger partial charge < -0.3 is 15.2 Å². The van der Waals surface area contributed by atoms with Crippen LogP contribution in [0.3, 0.4) is 0 Å². The highest BCUT2D eigenvalue weighted by molar-refractivity contribution is 5.70. The van der Waals surface area contributed by atoms with E-state index in [4.69, 9.17) is 14.6 Å². The van der Waals surface area contributed by atoms with Crippen LogP contribution in [-0.2, 0) is 9.53 Å². The number of nitrogens with zero attached hydrogens (tertiary/aromatic N) is 1. The van der Waals surface area contributed by atoms with Crippen LogP contribution in [0.2, 0.25) is 0 Å². The Labute approximate surface area is 114 Å². The molecule has 2 N–H and O–H groups in total. The Hall–Kier alpha value is -1.30. The molecule has 0 radical (unpaired) electrons. The van der Waals surface area contributed by atoms with Gasteiger partial charge in [-0.05, 0) is 31.8 Å². The third-order valence-corrected chi connectivity index (χ3v) is 3.42. The standard InChI is InChI=1S/C11H20N2O2.C2H4O2/c1-8(2)10-7-15-11(14)13(10)9-3-5-12-6-4-9;1-2(3)4/h8-10,12H,3-7H2,1-2H3;1H3,(H,3,4)/t10-;/m0./s1. The quantitative estimate of drug-likeness (QED) is 0.792. The summed E-state index contributed by atoms with van der Waals surface area (Å²) < 4.78 is 5.16. The van der Waals surface area contributed by atoms with E-state index in [1.807, 2.05) is 4.90 Å². The number of hydrogen-bond acceptors (Lipinski definition) is 4. The predicted octanol–water partition coefficient (Wildman–Crippen LogP) is 1.31. The average Bonchev–Trinajstić information content (AvgIpc) is 2.71. The van der Waals surface area contributed by atoms with Crippen molar-refractivity contribution in [3.8, 4) is 0 Å². The second-order valence-electron chi connectivity index (χ2n) is 5.30. The molecule has 2 saturated heterocycles. The zero-order valence-electron chi connectivity index (χ0n) is 11.9. The van der Waals surface area contributed by atoms with Crippen LogP contribution in [0.15, 0.2) is 0 Å². The number of aliphatic carboxylic acids is 1. The Kier molecular flexibility index (Phi) is 6.08. The lowest BCUT2D eigenvalue weighted by atomic mass is 9.98. The van der Waals surface area contributed by atoms with Crippen LogP contribution in [0.25, 0.3) is 0 Å². The number of carbonyl (C=O) groups excluding carboxylic acids is 1. The summed E-state index contributed by atoms with van der Waals surface area (Å²) in [7, 11) is 0. The number of amides is 1. The molecule has 0 aromatic heterocycles. The van der Waals surface area contributed by atoms with Gasteiger partial charge in [0, 0.05) is 13.0 Å². The van der Waals surface area contributed by atoms with Crippen LogP contribution in [-0.4, -0.2) is 53.8 Å². The zero-order valence-corrected chi connectivity index (χ0v) is 11.9. The van der Waals surface area contributed by atoms with Gasteiger partial charge >= 0.3 is 6.09 Å². The van der Waals surface area contributed by atoms with Crippen molar-refractivity contribution < 1.29 is 19.4 Å². The second-order valence-corrected chi connectivity index (χ2v) is 5.30. The molecule has 0 aliphatic carbocycles. The first-order chi connectivity index (χ1) is 8.93. The molecule has 1 amide bonds. The van der Waals surface area contributed by atoms with E-state index < -0.39 is 5.97 Å². The van der Waals surface area contributed by atoms with E-state index in [-0.39, 0.29) is 12.1 Å². The third kappa shape index (κ3) is 4.70. The van der Waals surface area contributed by atoms with Gasteiger partial charge in [-0.3, -0.25) is 9.69 Å². The molecule has 6 heteroatoms. The first-order valence-electron chi connectivity index (χ1n) is 6.78. The Morgan fingerprint density at radius 1 is 1.42 bits per heavy atom. The van der Waals surface area contributed by atoms with Gasteiger partial charge in [0.25, 0.3) is 5.97 Å². The molecule has 19 heavy (non-hydrogen) atoms. The highest BCUT2D eigenvalue weighted by atomic mass is 16.6. The van der Waals surface area contributed by atoms with Crippen molar-refractivity contribution in [2.45, 2.75) is 45.7 Å². The van der Waals surface area contributed by atoms with Crippen molar-refractivity contribution in [1.82, 2.24) is 10.2 Å². The molecule has 2 heterocycles. The van der Waals surface area contributed by atoms with Gasteiger partial charge in [0.05, 0.1) is 6.04 Å². The summed E-state index contributed by atoms with van der Waals surface area (Å²) in [6.07, 6.45) is 2.00. The van der Waals surface area contributed by atoms with Crippen LogP contribution in [0.1, 0.15) is 33.6 Å². The van der Waals surface area contributed by atoms with Crippen molar-refractivity contribution in [3.63, 3.8) is 0 Å². The molecular weight excluding hydrogens is 248 g/mol. The maximum absolute atomic E-state index is 11.7. The molecule has 2 rings (SSSR count). The highest BCUT2D eigenvalue weighted by Gasteiger charge is 2.39. The monoisotopic (exact) mass is 272 g/mol. The first kappa shape index (κ1) is 15.8. The number of cyclic esters (lactones) is 1. The van der Waals surface area contributed by atoms with Gasteiger partial charge in [-0.2, -0.15) is 0 Å². The van der Waals surface area contributed by atoms with E-state index >= 15 is 0 Å². The van der Waals surface area contributed by atoms with Crippen molar-refractivity contribution in [2.24, 2.45) is 5.92 Å². The molecule has 1 atom stereocenters. The largest absolute Gasteiger partial charge is 0.481 e. The summed E-state index contributed by atoms with van der Waals surface area (Å²) in [5.41, 5.74) is 0. The summed E-state index contributed by atoms with van der Waals surface area (Å²) in [6.45, 7) is 7.99. The number of nitrogens with one attached hydrogen (secondary N) is 1. The van der Waals surface area contributed by atoms with E-state index in [9.17, 15) is 4.79 Å². The third-order valence-electron chi connectivity index (χ3n) is 3.42. The molecule has 2 aliphatic rings. The van der Waals surface area contributed by atoms with E-state index in [0.29, 0.717) is 18.6 Å². The van der Waals surface area contributed by atoms with Crippen molar-refractivity contribution in [1.29, 1.82) is 0 Å². The lowest BCUT2D eigenvalue weighted by Gasteiger charge is -2.35. The minimum atomic E-state index is -0.833. The highest BCUT2D eigenvalue weighted by Crippen LogP contribution is 2.25. The van der Waals surface area contributed by atoms with Gasteiger partial charge in [0.15, 0.2) is 0 Å². The molecule has 0 aromatic rings. The summed E-state index contributed by atoms with van der Waals surface area (Å²) in [4.78, 5) is 22.6. The van der Waals surface area contributed by atoms with Crippen LogP contribution in [0, 0.1) is 5.92 Å². The van der Waals surface area contributed by atoms with Crippen LogP contribution in [0.5, 0.6) is 0 Å². The topological polar surface area (TPSA) is 78.9 Å². The fraction of sp³-hybridized carbons (Fsp3) is 0.846. The summed E-state index contributed by atoms with van der Waals surface area (Å²) in [5, 5.41) is 10.7. The van der Waals surface area contributed by atoms with E-state index in [1.54, 1.807) is 0 Å². The predicted molar refractivity (Wildman–Crippen MR) is 71.0 cm³/mol. The molecule has 0 saturated carbocycles. The fourth-order valence-electron chi connectivity index (χ4n) is 2.47. The summed E-state index contributed by atoms with van der Waals surface area (Å²) in [6, 6.07) is 0.661. The second kappa shape index (κ2) is 7.33. The van der Waals surface area contributed by atoms with E-state index in [2.05, 4.69) is 19.2 Å². The molecule has 2 fully saturated rings. The number of ether oxygens (including phenoxy) is 1. The molecule has 6 nitrogen and oxygen atoms in total. The number of carbonyl (C=O) groups is 2. The maximum atomic E-state index is 11.7. The molecule has 2 aliphatic heterocycles. The fourth-order valence-corrected chi connectivity index (χ4v) is 2.47. The number of carboxylic acid groups (broad SMARTS) is 1. The molecule has 0 spiro atoms. The van der Waals surface area contributed by atoms with Crippen molar-refractivity contribution in [3.05, 3.63) is 0 Å². The van der Waals surface area contributed by atoms with Crippen LogP contribution in [0.4, 0.5) is 4.79 Å². The van der Waals surface area contributed by atoms with Gasteiger partial charge in [0.2, 0.25) is 0 Å². The Morgan fingerprint density at radius 3 is 2.42 bits per heavy atom. The number of carboxylic acids is 1. The molecule has 0 aromatic carbocycles. The maximum Gasteiger partial charge on any atom is 0.410 e. The van der Waals surface area contributed by atoms with E-state index in [0.717, 1.165) is 32.9 Å². The van der Waals surface area contributed by atoms with Crippen LogP contribution < -0.4 is 5.32 Å². The van der Waals surface area contributed by atoms with Crippen molar-refractivity contribution >= 4 is 12.1 Å². The number of hydrogen-bond donors (Lipinski definition) is 2. The Morgan fingerprint density at radius 2 is 1.95 bits per heavy atom. The summed E-state index contributed by atoms with van der Waals surface area (Å²) in [5.74, 6) is -0.355. The minimum Gasteiger partial charge on any atom is -0.481 e. The van der Waals surface area contributed by atoms with Crippen LogP contribution >= 0.6 is 0 Å². The van der Waals surface area contributed by atoms with Gasteiger partial charge in [0.1, 0.15) is 6.61 Å². The SMILES string of the molecule is CC(=O)O.CC(C)[C@@H]1COC(=O)N1C1CCNCC1. The zero-order chi connectivity index (χ0) is 14.4. The molecule has 0 unspecified atom stereocenters. The normalized spacial score (nSPS) is 23.9. The number of piperidine rings is 1. The van der Waals surface area contributed by atoms with Gasteiger partial charge in [-0.25, -0.2) is 4.79 Å². The lowest BCUT2D eigenvalue weighted by molar-refractivity contribution is -0.134. The summed E-state index contributed by atoms with van der Waals surface area (Å²) >= 11 is 0. The number of rotatable bonds is 2. The van der Waals surface area contributed by atoms with Gasteiger partial charge in [-0.15, -0.1) is 0 Å². The molecule has 0 bridgehead atoms. The average molecular weight is 272 g/mol. The Bertz CT molecular complexity index is 310. The first-order valence-corrected chi connectivity index (χ1v) is 6.78. The lowest BCUT2D eigenvalue weighted by Crippen LogP contribution is -2.48. The minimum absolute atomic E-state index is 0.111. The van der Waals surface area contributed by atoms with E-state index in [1.165, 1.54) is 0 Å². The molecule has 110 valence electrons. The Balaban J connectivity index is 0.000000399. The molecular formula is C13H24N2O4. The van der Waals surface area contributed by atoms with Gasteiger partial charge in [-0.1, -0.05) is 13.8 Å². The smallest absolute Gasteiger partial charge is 0.410 e. The van der Waals surface area contributed by atoms with Crippen molar-refractivity contribution in [2.75, 3.05) is 19.7 Å².